The normalized spacial score (nSPS) is 10.7. The van der Waals surface area contributed by atoms with E-state index in [0.29, 0.717) is 5.02 Å². The Bertz CT molecular complexity index is 392. The lowest BCUT2D eigenvalue weighted by molar-refractivity contribution is 1.34. The minimum absolute atomic E-state index is 0.709. The zero-order chi connectivity index (χ0) is 7.84. The third kappa shape index (κ3) is 0.994. The quantitative estimate of drug-likeness (QED) is 0.640. The third-order valence-corrected chi connectivity index (χ3v) is 1.91. The van der Waals surface area contributed by atoms with Crippen molar-refractivity contribution in [2.45, 2.75) is 6.92 Å². The van der Waals surface area contributed by atoms with E-state index in [1.807, 2.05) is 19.1 Å². The van der Waals surface area contributed by atoms with Crippen LogP contribution >= 0.6 is 11.6 Å². The number of fused-ring (bicyclic) bond motifs is 1. The van der Waals surface area contributed by atoms with Crippen molar-refractivity contribution < 1.29 is 0 Å². The summed E-state index contributed by atoms with van der Waals surface area (Å²) >= 11 is 5.92. The highest BCUT2D eigenvalue weighted by Crippen LogP contribution is 2.21. The number of hydrogen-bond acceptors (Lipinski definition) is 1. The topological polar surface area (TPSA) is 28.7 Å². The van der Waals surface area contributed by atoms with Crippen molar-refractivity contribution in [3.05, 3.63) is 29.0 Å². The Kier molecular flexibility index (Phi) is 1.36. The number of aromatic nitrogens is 2. The fourth-order valence-electron chi connectivity index (χ4n) is 1.14. The van der Waals surface area contributed by atoms with Gasteiger partial charge in [-0.3, -0.25) is 0 Å². The van der Waals surface area contributed by atoms with Crippen LogP contribution in [0.15, 0.2) is 18.5 Å². The molecule has 0 saturated heterocycles. The summed E-state index contributed by atoms with van der Waals surface area (Å²) in [6, 6.07) is 3.93. The molecule has 0 spiro atoms. The number of rotatable bonds is 0. The molecule has 2 nitrogen and oxygen atoms in total. The maximum atomic E-state index is 5.92. The molecular weight excluding hydrogens is 160 g/mol. The number of hydrogen-bond donors (Lipinski definition) is 1. The van der Waals surface area contributed by atoms with Crippen LogP contribution in [0.25, 0.3) is 11.0 Å². The van der Waals surface area contributed by atoms with Gasteiger partial charge in [0, 0.05) is 0 Å². The summed E-state index contributed by atoms with van der Waals surface area (Å²) in [6.45, 7) is 2.01. The van der Waals surface area contributed by atoms with Crippen LogP contribution in [0.4, 0.5) is 0 Å². The first kappa shape index (κ1) is 6.68. The Morgan fingerprint density at radius 1 is 1.45 bits per heavy atom. The van der Waals surface area contributed by atoms with Gasteiger partial charge in [-0.25, -0.2) is 4.98 Å². The number of nitrogens with zero attached hydrogens (tertiary/aromatic N) is 1. The molecule has 1 aromatic carbocycles. The van der Waals surface area contributed by atoms with Gasteiger partial charge in [0.1, 0.15) is 5.52 Å². The molecule has 0 fully saturated rings. The lowest BCUT2D eigenvalue weighted by atomic mass is 10.2. The van der Waals surface area contributed by atoms with Crippen molar-refractivity contribution in [2.24, 2.45) is 0 Å². The van der Waals surface area contributed by atoms with E-state index in [9.17, 15) is 0 Å². The molecule has 0 aliphatic heterocycles. The zero-order valence-electron chi connectivity index (χ0n) is 6.06. The second-order valence-electron chi connectivity index (χ2n) is 2.55. The van der Waals surface area contributed by atoms with Gasteiger partial charge in [0.25, 0.3) is 0 Å². The molecule has 56 valence electrons. The fourth-order valence-corrected chi connectivity index (χ4v) is 1.46. The summed E-state index contributed by atoms with van der Waals surface area (Å²) in [5.74, 6) is 0. The molecule has 11 heavy (non-hydrogen) atoms. The minimum Gasteiger partial charge on any atom is -0.345 e. The number of halogens is 1. The Morgan fingerprint density at radius 3 is 3.09 bits per heavy atom. The van der Waals surface area contributed by atoms with Crippen molar-refractivity contribution in [3.63, 3.8) is 0 Å². The summed E-state index contributed by atoms with van der Waals surface area (Å²) < 4.78 is 0. The molecule has 0 bridgehead atoms. The lowest BCUT2D eigenvalue weighted by Crippen LogP contribution is -1.75. The molecule has 3 heteroatoms. The molecule has 0 saturated carbocycles. The van der Waals surface area contributed by atoms with Gasteiger partial charge >= 0.3 is 0 Å². The van der Waals surface area contributed by atoms with Crippen LogP contribution in [0.2, 0.25) is 5.02 Å². The Hall–Kier alpha value is -1.02. The van der Waals surface area contributed by atoms with Crippen LogP contribution in [-0.2, 0) is 0 Å². The number of benzene rings is 1. The van der Waals surface area contributed by atoms with E-state index < -0.39 is 0 Å². The second kappa shape index (κ2) is 2.24. The standard InChI is InChI=1S/C8H7ClN2/c1-5-2-6(9)8-7(3-5)10-4-11-8/h2-4H,1H3,(H,10,11). The van der Waals surface area contributed by atoms with Crippen LogP contribution in [0.3, 0.4) is 0 Å². The van der Waals surface area contributed by atoms with Crippen molar-refractivity contribution in [3.8, 4) is 0 Å². The van der Waals surface area contributed by atoms with Crippen molar-refractivity contribution in [1.29, 1.82) is 0 Å². The molecule has 1 heterocycles. The Morgan fingerprint density at radius 2 is 2.27 bits per heavy atom. The summed E-state index contributed by atoms with van der Waals surface area (Å²) in [4.78, 5) is 7.08. The van der Waals surface area contributed by atoms with Crippen LogP contribution in [0.5, 0.6) is 0 Å². The van der Waals surface area contributed by atoms with Crippen LogP contribution < -0.4 is 0 Å². The summed E-state index contributed by atoms with van der Waals surface area (Å²) in [5, 5.41) is 0.709. The van der Waals surface area contributed by atoms with Crippen molar-refractivity contribution in [2.75, 3.05) is 0 Å². The first-order chi connectivity index (χ1) is 5.27. The molecule has 0 amide bonds. The van der Waals surface area contributed by atoms with E-state index in [0.717, 1.165) is 16.6 Å². The van der Waals surface area contributed by atoms with Gasteiger partial charge in [-0.15, -0.1) is 0 Å². The highest BCUT2D eigenvalue weighted by Gasteiger charge is 2.00. The van der Waals surface area contributed by atoms with Gasteiger partial charge < -0.3 is 4.98 Å². The van der Waals surface area contributed by atoms with Crippen molar-refractivity contribution >= 4 is 22.6 Å². The minimum atomic E-state index is 0.709. The van der Waals surface area contributed by atoms with Gasteiger partial charge in [0.05, 0.1) is 16.9 Å². The predicted molar refractivity (Wildman–Crippen MR) is 45.8 cm³/mol. The number of H-pyrrole nitrogens is 1. The van der Waals surface area contributed by atoms with E-state index >= 15 is 0 Å². The largest absolute Gasteiger partial charge is 0.345 e. The Labute approximate surface area is 69.2 Å². The van der Waals surface area contributed by atoms with E-state index in [1.165, 1.54) is 0 Å². The molecule has 2 aromatic rings. The number of aryl methyl sites for hydroxylation is 1. The number of nitrogens with one attached hydrogen (secondary N) is 1. The predicted octanol–water partition coefficient (Wildman–Crippen LogP) is 2.52. The molecular formula is C8H7ClN2. The SMILES string of the molecule is Cc1cc(Cl)c2nc[nH]c2c1. The first-order valence-electron chi connectivity index (χ1n) is 3.36. The van der Waals surface area contributed by atoms with E-state index in [1.54, 1.807) is 6.33 Å². The molecule has 1 N–H and O–H groups in total. The first-order valence-corrected chi connectivity index (χ1v) is 3.74. The summed E-state index contributed by atoms with van der Waals surface area (Å²) in [7, 11) is 0. The van der Waals surface area contributed by atoms with E-state index in [-0.39, 0.29) is 0 Å². The van der Waals surface area contributed by atoms with Crippen molar-refractivity contribution in [1.82, 2.24) is 9.97 Å². The monoisotopic (exact) mass is 166 g/mol. The van der Waals surface area contributed by atoms with Crippen LogP contribution in [0.1, 0.15) is 5.56 Å². The smallest absolute Gasteiger partial charge is 0.107 e. The summed E-state index contributed by atoms with van der Waals surface area (Å²) in [6.07, 6.45) is 1.65. The fraction of sp³-hybridized carbons (Fsp3) is 0.125. The van der Waals surface area contributed by atoms with Gasteiger partial charge in [-0.05, 0) is 24.6 Å². The van der Waals surface area contributed by atoms with Gasteiger partial charge in [-0.1, -0.05) is 11.6 Å². The molecule has 2 rings (SSSR count). The van der Waals surface area contributed by atoms with Gasteiger partial charge in [0.15, 0.2) is 0 Å². The second-order valence-corrected chi connectivity index (χ2v) is 2.95. The maximum Gasteiger partial charge on any atom is 0.107 e. The molecule has 0 aliphatic carbocycles. The lowest BCUT2D eigenvalue weighted by Gasteiger charge is -1.94. The molecule has 1 aromatic heterocycles. The Balaban J connectivity index is 2.91. The highest BCUT2D eigenvalue weighted by atomic mass is 35.5. The average molecular weight is 167 g/mol. The van der Waals surface area contributed by atoms with Gasteiger partial charge in [-0.2, -0.15) is 0 Å². The summed E-state index contributed by atoms with van der Waals surface area (Å²) in [5.41, 5.74) is 2.99. The van der Waals surface area contributed by atoms with Gasteiger partial charge in [0.2, 0.25) is 0 Å². The van der Waals surface area contributed by atoms with Crippen LogP contribution in [-0.4, -0.2) is 9.97 Å². The van der Waals surface area contributed by atoms with E-state index in [4.69, 9.17) is 11.6 Å². The number of aromatic amines is 1. The number of imidazole rings is 1. The average Bonchev–Trinajstić information content (AvgIpc) is 2.34. The molecule has 0 radical (unpaired) electrons. The zero-order valence-corrected chi connectivity index (χ0v) is 6.81. The third-order valence-electron chi connectivity index (χ3n) is 1.62. The highest BCUT2D eigenvalue weighted by molar-refractivity contribution is 6.35. The molecule has 0 unspecified atom stereocenters. The maximum absolute atomic E-state index is 5.92. The molecule has 0 aliphatic rings. The van der Waals surface area contributed by atoms with E-state index in [2.05, 4.69) is 9.97 Å². The van der Waals surface area contributed by atoms with Crippen LogP contribution in [0, 0.1) is 6.92 Å². The molecule has 0 atom stereocenters.